The molecule has 7 nitrogen and oxygen atoms in total. The molecule has 0 radical (unpaired) electrons. The van der Waals surface area contributed by atoms with E-state index in [9.17, 15) is 8.42 Å². The van der Waals surface area contributed by atoms with Crippen LogP contribution in [-0.4, -0.2) is 42.5 Å². The van der Waals surface area contributed by atoms with Gasteiger partial charge in [-0.2, -0.15) is 4.31 Å². The van der Waals surface area contributed by atoms with E-state index in [1.807, 2.05) is 6.92 Å². The standard InChI is InChI=1S/C12H18N4O3S/c1-4-11-10-5-9(7-14-12(10)19-15-11)20(17,18)16(3)8(2)6-13/h5,7-8H,4,6,13H2,1-3H3. The summed E-state index contributed by atoms with van der Waals surface area (Å²) < 4.78 is 31.2. The fourth-order valence-corrected chi connectivity index (χ4v) is 3.15. The Hall–Kier alpha value is -1.51. The molecule has 1 atom stereocenters. The second-order valence-corrected chi connectivity index (χ2v) is 6.61. The molecule has 8 heteroatoms. The highest BCUT2D eigenvalue weighted by Gasteiger charge is 2.26. The van der Waals surface area contributed by atoms with E-state index in [1.54, 1.807) is 13.0 Å². The monoisotopic (exact) mass is 298 g/mol. The average Bonchev–Trinajstić information content (AvgIpc) is 2.87. The number of aromatic nitrogens is 2. The van der Waals surface area contributed by atoms with Crippen LogP contribution < -0.4 is 5.73 Å². The lowest BCUT2D eigenvalue weighted by molar-refractivity contribution is 0.394. The number of sulfonamides is 1. The molecule has 0 aliphatic rings. The summed E-state index contributed by atoms with van der Waals surface area (Å²) in [6.45, 7) is 3.92. The third kappa shape index (κ3) is 2.41. The second-order valence-electron chi connectivity index (χ2n) is 4.61. The van der Waals surface area contributed by atoms with Gasteiger partial charge in [0.05, 0.1) is 17.3 Å². The molecule has 2 aromatic heterocycles. The highest BCUT2D eigenvalue weighted by molar-refractivity contribution is 7.89. The van der Waals surface area contributed by atoms with Crippen LogP contribution in [0.4, 0.5) is 0 Å². The first kappa shape index (κ1) is 14.9. The van der Waals surface area contributed by atoms with Crippen molar-refractivity contribution in [2.75, 3.05) is 13.6 Å². The minimum atomic E-state index is -3.62. The van der Waals surface area contributed by atoms with E-state index in [0.29, 0.717) is 23.2 Å². The smallest absolute Gasteiger partial charge is 0.258 e. The molecular weight excluding hydrogens is 280 g/mol. The fourth-order valence-electron chi connectivity index (χ4n) is 1.81. The maximum Gasteiger partial charge on any atom is 0.258 e. The molecule has 0 spiro atoms. The van der Waals surface area contributed by atoms with E-state index in [0.717, 1.165) is 0 Å². The molecule has 2 heterocycles. The Morgan fingerprint density at radius 3 is 2.80 bits per heavy atom. The van der Waals surface area contributed by atoms with Crippen molar-refractivity contribution in [1.29, 1.82) is 0 Å². The van der Waals surface area contributed by atoms with Crippen LogP contribution in [0.3, 0.4) is 0 Å². The number of aryl methyl sites for hydroxylation is 1. The van der Waals surface area contributed by atoms with Crippen LogP contribution in [0.2, 0.25) is 0 Å². The predicted octanol–water partition coefficient (Wildman–Crippen LogP) is 0.753. The van der Waals surface area contributed by atoms with Gasteiger partial charge in [0.25, 0.3) is 5.71 Å². The Kier molecular flexibility index (Phi) is 4.07. The summed E-state index contributed by atoms with van der Waals surface area (Å²) in [6, 6.07) is 1.26. The molecule has 0 aliphatic carbocycles. The average molecular weight is 298 g/mol. The normalized spacial score (nSPS) is 14.1. The molecule has 0 amide bonds. The van der Waals surface area contributed by atoms with Crippen molar-refractivity contribution in [3.63, 3.8) is 0 Å². The minimum Gasteiger partial charge on any atom is -0.336 e. The van der Waals surface area contributed by atoms with Gasteiger partial charge in [-0.05, 0) is 19.4 Å². The van der Waals surface area contributed by atoms with Gasteiger partial charge in [-0.1, -0.05) is 12.1 Å². The second kappa shape index (κ2) is 5.47. The number of likely N-dealkylation sites (N-methyl/N-ethyl adjacent to an activating group) is 1. The van der Waals surface area contributed by atoms with Crippen LogP contribution in [0.25, 0.3) is 11.1 Å². The largest absolute Gasteiger partial charge is 0.336 e. The van der Waals surface area contributed by atoms with Gasteiger partial charge in [0, 0.05) is 19.6 Å². The number of fused-ring (bicyclic) bond motifs is 1. The van der Waals surface area contributed by atoms with Gasteiger partial charge in [-0.15, -0.1) is 0 Å². The molecule has 0 bridgehead atoms. The zero-order valence-electron chi connectivity index (χ0n) is 11.7. The molecule has 110 valence electrons. The molecule has 2 N–H and O–H groups in total. The Balaban J connectivity index is 2.51. The summed E-state index contributed by atoms with van der Waals surface area (Å²) in [6.07, 6.45) is 1.93. The SMILES string of the molecule is CCc1noc2ncc(S(=O)(=O)N(C)C(C)CN)cc12. The Bertz CT molecular complexity index is 711. The lowest BCUT2D eigenvalue weighted by atomic mass is 10.2. The Morgan fingerprint density at radius 1 is 1.50 bits per heavy atom. The number of nitrogens with zero attached hydrogens (tertiary/aromatic N) is 3. The van der Waals surface area contributed by atoms with E-state index in [1.165, 1.54) is 17.5 Å². The first-order chi connectivity index (χ1) is 9.41. The third-order valence-electron chi connectivity index (χ3n) is 3.35. The molecule has 0 aliphatic heterocycles. The molecule has 20 heavy (non-hydrogen) atoms. The molecule has 0 saturated heterocycles. The molecule has 2 aromatic rings. The van der Waals surface area contributed by atoms with Crippen molar-refractivity contribution in [2.24, 2.45) is 5.73 Å². The number of hydrogen-bond acceptors (Lipinski definition) is 6. The number of nitrogens with two attached hydrogens (primary N) is 1. The maximum absolute atomic E-state index is 12.5. The van der Waals surface area contributed by atoms with Crippen LogP contribution in [0, 0.1) is 0 Å². The lowest BCUT2D eigenvalue weighted by Crippen LogP contribution is -2.39. The first-order valence-electron chi connectivity index (χ1n) is 6.34. The van der Waals surface area contributed by atoms with Crippen LogP contribution in [0.5, 0.6) is 0 Å². The van der Waals surface area contributed by atoms with Crippen LogP contribution >= 0.6 is 0 Å². The summed E-state index contributed by atoms with van der Waals surface area (Å²) in [4.78, 5) is 4.13. The third-order valence-corrected chi connectivity index (χ3v) is 5.29. The van der Waals surface area contributed by atoms with Crippen molar-refractivity contribution in [3.05, 3.63) is 18.0 Å². The number of hydrogen-bond donors (Lipinski definition) is 1. The van der Waals surface area contributed by atoms with E-state index >= 15 is 0 Å². The molecule has 1 unspecified atom stereocenters. The van der Waals surface area contributed by atoms with Gasteiger partial charge in [0.15, 0.2) is 0 Å². The van der Waals surface area contributed by atoms with Crippen molar-refractivity contribution in [3.8, 4) is 0 Å². The molecular formula is C12H18N4O3S. The van der Waals surface area contributed by atoms with Crippen LogP contribution in [0.1, 0.15) is 19.5 Å². The zero-order valence-corrected chi connectivity index (χ0v) is 12.5. The summed E-state index contributed by atoms with van der Waals surface area (Å²) in [5, 5.41) is 4.49. The molecule has 0 aromatic carbocycles. The van der Waals surface area contributed by atoms with E-state index < -0.39 is 10.0 Å². The Morgan fingerprint density at radius 2 is 2.20 bits per heavy atom. The Labute approximate surface area is 117 Å². The van der Waals surface area contributed by atoms with Crippen molar-refractivity contribution in [1.82, 2.24) is 14.4 Å². The lowest BCUT2D eigenvalue weighted by Gasteiger charge is -2.22. The van der Waals surface area contributed by atoms with Crippen molar-refractivity contribution in [2.45, 2.75) is 31.2 Å². The molecule has 0 saturated carbocycles. The number of pyridine rings is 1. The first-order valence-corrected chi connectivity index (χ1v) is 7.78. The topological polar surface area (TPSA) is 102 Å². The highest BCUT2D eigenvalue weighted by Crippen LogP contribution is 2.23. The van der Waals surface area contributed by atoms with Crippen molar-refractivity contribution < 1.29 is 12.9 Å². The fraction of sp³-hybridized carbons (Fsp3) is 0.500. The van der Waals surface area contributed by atoms with Gasteiger partial charge < -0.3 is 10.3 Å². The molecule has 2 rings (SSSR count). The van der Waals surface area contributed by atoms with Crippen LogP contribution in [-0.2, 0) is 16.4 Å². The van der Waals surface area contributed by atoms with Gasteiger partial charge in [0.2, 0.25) is 10.0 Å². The maximum atomic E-state index is 12.5. The molecule has 0 fully saturated rings. The zero-order chi connectivity index (χ0) is 14.9. The minimum absolute atomic E-state index is 0.116. The van der Waals surface area contributed by atoms with Gasteiger partial charge in [0.1, 0.15) is 4.90 Å². The van der Waals surface area contributed by atoms with Gasteiger partial charge in [-0.25, -0.2) is 13.4 Å². The van der Waals surface area contributed by atoms with Crippen LogP contribution in [0.15, 0.2) is 21.7 Å². The highest BCUT2D eigenvalue weighted by atomic mass is 32.2. The summed E-state index contributed by atoms with van der Waals surface area (Å²) in [5.74, 6) is 0. The summed E-state index contributed by atoms with van der Waals surface area (Å²) in [7, 11) is -2.12. The van der Waals surface area contributed by atoms with Gasteiger partial charge in [-0.3, -0.25) is 0 Å². The van der Waals surface area contributed by atoms with Crippen molar-refractivity contribution >= 4 is 21.1 Å². The van der Waals surface area contributed by atoms with Gasteiger partial charge >= 0.3 is 0 Å². The summed E-state index contributed by atoms with van der Waals surface area (Å²) >= 11 is 0. The quantitative estimate of drug-likeness (QED) is 0.874. The number of rotatable bonds is 5. The van der Waals surface area contributed by atoms with E-state index in [-0.39, 0.29) is 17.5 Å². The van der Waals surface area contributed by atoms with E-state index in [4.69, 9.17) is 10.3 Å². The summed E-state index contributed by atoms with van der Waals surface area (Å²) in [5.41, 5.74) is 6.56. The van der Waals surface area contributed by atoms with E-state index in [2.05, 4.69) is 10.1 Å². The predicted molar refractivity (Wildman–Crippen MR) is 74.6 cm³/mol.